The van der Waals surface area contributed by atoms with Crippen molar-refractivity contribution in [3.63, 3.8) is 0 Å². The number of carbonyl (C=O) groups excluding carboxylic acids is 1. The molecule has 1 aromatic rings. The molecule has 1 aromatic carbocycles. The van der Waals surface area contributed by atoms with E-state index in [4.69, 9.17) is 0 Å². The minimum absolute atomic E-state index is 0.537. The summed E-state index contributed by atoms with van der Waals surface area (Å²) in [6, 6.07) is 11.6. The number of nitrogens with zero attached hydrogens (tertiary/aromatic N) is 1. The zero-order valence-electron chi connectivity index (χ0n) is 8.63. The van der Waals surface area contributed by atoms with Crippen molar-refractivity contribution in [2.75, 3.05) is 0 Å². The molecule has 0 N–H and O–H groups in total. The van der Waals surface area contributed by atoms with E-state index in [0.717, 1.165) is 5.56 Å². The SMILES string of the molecule is N#CC1(c2ccccc2)C=CC=CC1[C]=O. The number of hydrogen-bond acceptors (Lipinski definition) is 2. The van der Waals surface area contributed by atoms with Crippen LogP contribution in [0.4, 0.5) is 0 Å². The fraction of sp³-hybridized carbons (Fsp3) is 0.143. The van der Waals surface area contributed by atoms with Crippen LogP contribution < -0.4 is 0 Å². The summed E-state index contributed by atoms with van der Waals surface area (Å²) >= 11 is 0. The van der Waals surface area contributed by atoms with Crippen molar-refractivity contribution in [1.29, 1.82) is 5.26 Å². The summed E-state index contributed by atoms with van der Waals surface area (Å²) in [5, 5.41) is 9.38. The minimum Gasteiger partial charge on any atom is -0.290 e. The lowest BCUT2D eigenvalue weighted by Crippen LogP contribution is -2.32. The first-order valence-corrected chi connectivity index (χ1v) is 5.04. The van der Waals surface area contributed by atoms with Crippen molar-refractivity contribution in [3.8, 4) is 6.07 Å². The van der Waals surface area contributed by atoms with E-state index in [1.165, 1.54) is 0 Å². The van der Waals surface area contributed by atoms with Gasteiger partial charge in [0.1, 0.15) is 5.41 Å². The molecular weight excluding hydrogens is 198 g/mol. The zero-order chi connectivity index (χ0) is 11.4. The predicted octanol–water partition coefficient (Wildman–Crippen LogP) is 2.30. The van der Waals surface area contributed by atoms with Crippen LogP contribution in [0.15, 0.2) is 54.6 Å². The molecule has 0 amide bonds. The first kappa shape index (κ1) is 10.4. The first-order valence-electron chi connectivity index (χ1n) is 5.04. The molecule has 2 unspecified atom stereocenters. The maximum atomic E-state index is 10.9. The zero-order valence-corrected chi connectivity index (χ0v) is 8.63. The Kier molecular flexibility index (Phi) is 2.70. The third-order valence-corrected chi connectivity index (χ3v) is 2.83. The fourth-order valence-corrected chi connectivity index (χ4v) is 1.93. The molecular formula is C14H10NO. The van der Waals surface area contributed by atoms with E-state index in [1.807, 2.05) is 36.6 Å². The number of hydrogen-bond donors (Lipinski definition) is 0. The third-order valence-electron chi connectivity index (χ3n) is 2.83. The average Bonchev–Trinajstić information content (AvgIpc) is 2.39. The van der Waals surface area contributed by atoms with Crippen molar-refractivity contribution in [1.82, 2.24) is 0 Å². The Morgan fingerprint density at radius 1 is 1.19 bits per heavy atom. The second kappa shape index (κ2) is 4.16. The van der Waals surface area contributed by atoms with E-state index in [-0.39, 0.29) is 0 Å². The summed E-state index contributed by atoms with van der Waals surface area (Å²) in [7, 11) is 0. The lowest BCUT2D eigenvalue weighted by molar-refractivity contribution is 0.503. The molecule has 0 aliphatic heterocycles. The van der Waals surface area contributed by atoms with E-state index in [9.17, 15) is 10.1 Å². The monoisotopic (exact) mass is 208 g/mol. The van der Waals surface area contributed by atoms with Crippen LogP contribution in [0.2, 0.25) is 0 Å². The topological polar surface area (TPSA) is 40.9 Å². The normalized spacial score (nSPS) is 27.3. The molecule has 2 rings (SSSR count). The lowest BCUT2D eigenvalue weighted by Gasteiger charge is -2.28. The number of benzene rings is 1. The molecule has 0 saturated heterocycles. The van der Waals surface area contributed by atoms with Gasteiger partial charge in [-0.2, -0.15) is 5.26 Å². The quantitative estimate of drug-likeness (QED) is 0.748. The molecule has 1 aliphatic carbocycles. The molecule has 0 heterocycles. The Hall–Kier alpha value is -2.14. The summed E-state index contributed by atoms with van der Waals surface area (Å²) in [5.74, 6) is -0.537. The van der Waals surface area contributed by atoms with E-state index >= 15 is 0 Å². The largest absolute Gasteiger partial charge is 0.290 e. The molecule has 1 radical (unpaired) electrons. The third kappa shape index (κ3) is 1.47. The van der Waals surface area contributed by atoms with Crippen LogP contribution in [0.1, 0.15) is 5.56 Å². The van der Waals surface area contributed by atoms with Crippen LogP contribution in [0, 0.1) is 17.2 Å². The van der Waals surface area contributed by atoms with Crippen LogP contribution in [-0.2, 0) is 10.2 Å². The number of allylic oxidation sites excluding steroid dienone is 4. The standard InChI is InChI=1S/C14H10NO/c15-11-14(12-6-2-1-3-7-12)9-5-4-8-13(14)10-16/h1-9,13H. The van der Waals surface area contributed by atoms with Crippen molar-refractivity contribution in [3.05, 3.63) is 60.2 Å². The molecule has 16 heavy (non-hydrogen) atoms. The van der Waals surface area contributed by atoms with Gasteiger partial charge in [0.05, 0.1) is 12.0 Å². The molecule has 2 heteroatoms. The van der Waals surface area contributed by atoms with Gasteiger partial charge in [0.25, 0.3) is 0 Å². The van der Waals surface area contributed by atoms with Gasteiger partial charge in [-0.05, 0) is 5.56 Å². The maximum absolute atomic E-state index is 10.9. The Balaban J connectivity index is 2.56. The minimum atomic E-state index is -0.905. The summed E-state index contributed by atoms with van der Waals surface area (Å²) in [4.78, 5) is 10.9. The van der Waals surface area contributed by atoms with Gasteiger partial charge >= 0.3 is 0 Å². The van der Waals surface area contributed by atoms with Gasteiger partial charge in [0.2, 0.25) is 6.29 Å². The van der Waals surface area contributed by atoms with E-state index < -0.39 is 11.3 Å². The van der Waals surface area contributed by atoms with E-state index in [2.05, 4.69) is 6.07 Å². The average molecular weight is 208 g/mol. The Labute approximate surface area is 94.5 Å². The second-order valence-electron chi connectivity index (χ2n) is 3.69. The molecule has 0 bridgehead atoms. The molecule has 2 nitrogen and oxygen atoms in total. The van der Waals surface area contributed by atoms with E-state index in [1.54, 1.807) is 24.3 Å². The van der Waals surface area contributed by atoms with Crippen LogP contribution in [-0.4, -0.2) is 6.29 Å². The van der Waals surface area contributed by atoms with Crippen molar-refractivity contribution in [2.24, 2.45) is 5.92 Å². The molecule has 1 aliphatic rings. The van der Waals surface area contributed by atoms with Crippen LogP contribution >= 0.6 is 0 Å². The lowest BCUT2D eigenvalue weighted by atomic mass is 9.70. The van der Waals surface area contributed by atoms with Crippen molar-refractivity contribution >= 4 is 6.29 Å². The summed E-state index contributed by atoms with van der Waals surface area (Å²) in [6.07, 6.45) is 8.97. The number of rotatable bonds is 2. The molecule has 0 spiro atoms. The van der Waals surface area contributed by atoms with Gasteiger partial charge in [-0.1, -0.05) is 54.6 Å². The van der Waals surface area contributed by atoms with Gasteiger partial charge in [-0.25, -0.2) is 0 Å². The highest BCUT2D eigenvalue weighted by Crippen LogP contribution is 2.35. The van der Waals surface area contributed by atoms with Gasteiger partial charge in [-0.3, -0.25) is 4.79 Å². The van der Waals surface area contributed by atoms with Crippen LogP contribution in [0.3, 0.4) is 0 Å². The molecule has 77 valence electrons. The Morgan fingerprint density at radius 3 is 2.56 bits per heavy atom. The van der Waals surface area contributed by atoms with Gasteiger partial charge in [-0.15, -0.1) is 0 Å². The first-order chi connectivity index (χ1) is 7.83. The molecule has 2 atom stereocenters. The molecule has 0 saturated carbocycles. The van der Waals surface area contributed by atoms with Crippen molar-refractivity contribution in [2.45, 2.75) is 5.41 Å². The number of nitriles is 1. The van der Waals surface area contributed by atoms with Gasteiger partial charge < -0.3 is 0 Å². The maximum Gasteiger partial charge on any atom is 0.208 e. The summed E-state index contributed by atoms with van der Waals surface area (Å²) in [6.45, 7) is 0. The smallest absolute Gasteiger partial charge is 0.208 e. The Morgan fingerprint density at radius 2 is 1.94 bits per heavy atom. The van der Waals surface area contributed by atoms with Crippen LogP contribution in [0.25, 0.3) is 0 Å². The molecule has 0 aromatic heterocycles. The van der Waals surface area contributed by atoms with Crippen molar-refractivity contribution < 1.29 is 4.79 Å². The molecule has 0 fully saturated rings. The van der Waals surface area contributed by atoms with Crippen LogP contribution in [0.5, 0.6) is 0 Å². The fourth-order valence-electron chi connectivity index (χ4n) is 1.93. The Bertz CT molecular complexity index is 481. The summed E-state index contributed by atoms with van der Waals surface area (Å²) < 4.78 is 0. The highest BCUT2D eigenvalue weighted by atomic mass is 16.1. The second-order valence-corrected chi connectivity index (χ2v) is 3.69. The highest BCUT2D eigenvalue weighted by Gasteiger charge is 2.38. The van der Waals surface area contributed by atoms with Gasteiger partial charge in [0.15, 0.2) is 0 Å². The van der Waals surface area contributed by atoms with Gasteiger partial charge in [0, 0.05) is 0 Å². The highest BCUT2D eigenvalue weighted by molar-refractivity contribution is 5.66. The summed E-state index contributed by atoms with van der Waals surface area (Å²) in [5.41, 5.74) is -0.0796. The predicted molar refractivity (Wildman–Crippen MR) is 61.2 cm³/mol. The van der Waals surface area contributed by atoms with E-state index in [0.29, 0.717) is 0 Å².